The fraction of sp³-hybridized carbons (Fsp3) is 0.242. The fourth-order valence-electron chi connectivity index (χ4n) is 5.34. The highest BCUT2D eigenvalue weighted by molar-refractivity contribution is 7.89. The molecule has 0 bridgehead atoms. The Kier molecular flexibility index (Phi) is 7.95. The van der Waals surface area contributed by atoms with Crippen LogP contribution < -0.4 is 5.14 Å². The first-order valence-electron chi connectivity index (χ1n) is 14.3. The molecular weight excluding hydrogens is 600 g/mol. The number of aromatic nitrogens is 3. The molecule has 8 nitrogen and oxygen atoms in total. The van der Waals surface area contributed by atoms with Crippen molar-refractivity contribution in [3.63, 3.8) is 0 Å². The van der Waals surface area contributed by atoms with E-state index in [0.717, 1.165) is 40.8 Å². The van der Waals surface area contributed by atoms with Gasteiger partial charge in [-0.1, -0.05) is 62.4 Å². The molecule has 0 aliphatic heterocycles. The van der Waals surface area contributed by atoms with E-state index in [1.54, 1.807) is 10.7 Å². The number of halogens is 1. The van der Waals surface area contributed by atoms with Crippen molar-refractivity contribution in [2.24, 2.45) is 11.1 Å². The van der Waals surface area contributed by atoms with Gasteiger partial charge in [0.25, 0.3) is 0 Å². The Balaban J connectivity index is 1.52. The SMILES string of the molecule is CC(C)c1cccc(-c2cccc(-c3nn(-c4nc(C(=O)O)cs4)c(CC4CC4)c3Cc3ccc(S(N)(=O)=O)c(F)c3)c2)c1. The monoisotopic (exact) mass is 630 g/mol. The summed E-state index contributed by atoms with van der Waals surface area (Å²) < 4.78 is 40.3. The minimum absolute atomic E-state index is 0.0614. The van der Waals surface area contributed by atoms with E-state index in [4.69, 9.17) is 10.2 Å². The topological polar surface area (TPSA) is 128 Å². The molecule has 1 aliphatic carbocycles. The van der Waals surface area contributed by atoms with Crippen LogP contribution in [0.2, 0.25) is 0 Å². The maximum atomic E-state index is 14.9. The van der Waals surface area contributed by atoms with Crippen molar-refractivity contribution in [2.75, 3.05) is 0 Å². The van der Waals surface area contributed by atoms with E-state index in [1.807, 2.05) is 24.3 Å². The number of nitrogens with two attached hydrogens (primary N) is 1. The van der Waals surface area contributed by atoms with Gasteiger partial charge >= 0.3 is 5.97 Å². The third-order valence-corrected chi connectivity index (χ3v) is 9.63. The third-order valence-electron chi connectivity index (χ3n) is 7.87. The number of benzene rings is 3. The summed E-state index contributed by atoms with van der Waals surface area (Å²) in [5, 5.41) is 21.7. The number of nitrogens with zero attached hydrogens (tertiary/aromatic N) is 3. The number of hydrogen-bond acceptors (Lipinski definition) is 6. The Morgan fingerprint density at radius 1 is 1.07 bits per heavy atom. The van der Waals surface area contributed by atoms with Gasteiger partial charge in [0.1, 0.15) is 10.7 Å². The molecule has 1 saturated carbocycles. The minimum atomic E-state index is -4.21. The minimum Gasteiger partial charge on any atom is -0.476 e. The Hall–Kier alpha value is -4.19. The van der Waals surface area contributed by atoms with E-state index in [0.29, 0.717) is 34.6 Å². The second-order valence-electron chi connectivity index (χ2n) is 11.5. The predicted molar refractivity (Wildman–Crippen MR) is 168 cm³/mol. The van der Waals surface area contributed by atoms with Crippen molar-refractivity contribution in [3.8, 4) is 27.5 Å². The summed E-state index contributed by atoms with van der Waals surface area (Å²) in [6.07, 6.45) is 3.09. The number of sulfonamides is 1. The highest BCUT2D eigenvalue weighted by atomic mass is 32.2. The number of thiazole rings is 1. The Labute approximate surface area is 259 Å². The van der Waals surface area contributed by atoms with E-state index >= 15 is 0 Å². The standard InChI is InChI=1S/C33H31FN4O4S2/c1-19(2)22-5-3-6-23(16-22)24-7-4-8-25(17-24)31-26(13-21-11-12-30(27(34)14-21)44(35,41)42)29(15-20-9-10-20)38(37-31)33-36-28(18-43-33)32(39)40/h3-8,11-12,14,16-20H,9-10,13,15H2,1-2H3,(H,39,40)(H2,35,41,42). The number of carboxylic acids is 1. The molecule has 1 aliphatic rings. The molecule has 0 spiro atoms. The van der Waals surface area contributed by atoms with Crippen LogP contribution in [-0.4, -0.2) is 34.3 Å². The van der Waals surface area contributed by atoms with E-state index in [9.17, 15) is 22.7 Å². The molecule has 2 heterocycles. The van der Waals surface area contributed by atoms with Crippen LogP contribution in [0.1, 0.15) is 65.5 Å². The smallest absolute Gasteiger partial charge is 0.355 e. The first-order valence-corrected chi connectivity index (χ1v) is 16.7. The molecular formula is C33H31FN4O4S2. The van der Waals surface area contributed by atoms with Crippen molar-refractivity contribution in [2.45, 2.75) is 50.3 Å². The molecule has 2 aromatic heterocycles. The highest BCUT2D eigenvalue weighted by Gasteiger charge is 2.29. The van der Waals surface area contributed by atoms with Gasteiger partial charge < -0.3 is 5.11 Å². The number of primary sulfonamides is 1. The molecule has 6 rings (SSSR count). The number of carbonyl (C=O) groups is 1. The lowest BCUT2D eigenvalue weighted by Gasteiger charge is -2.11. The van der Waals surface area contributed by atoms with Gasteiger partial charge in [-0.05, 0) is 71.6 Å². The zero-order valence-electron chi connectivity index (χ0n) is 24.2. The molecule has 44 heavy (non-hydrogen) atoms. The Morgan fingerprint density at radius 3 is 2.41 bits per heavy atom. The number of rotatable bonds is 10. The summed E-state index contributed by atoms with van der Waals surface area (Å²) in [6.45, 7) is 4.31. The maximum absolute atomic E-state index is 14.9. The van der Waals surface area contributed by atoms with E-state index in [2.05, 4.69) is 43.1 Å². The molecule has 0 saturated heterocycles. The summed E-state index contributed by atoms with van der Waals surface area (Å²) in [4.78, 5) is 15.4. The predicted octanol–water partition coefficient (Wildman–Crippen LogP) is 6.81. The number of aromatic carboxylic acids is 1. The first kappa shape index (κ1) is 29.9. The van der Waals surface area contributed by atoms with Crippen LogP contribution in [0, 0.1) is 11.7 Å². The Bertz CT molecular complexity index is 1990. The molecule has 0 amide bonds. The molecule has 3 aromatic carbocycles. The zero-order valence-corrected chi connectivity index (χ0v) is 25.8. The van der Waals surface area contributed by atoms with Gasteiger partial charge in [-0.2, -0.15) is 5.10 Å². The largest absolute Gasteiger partial charge is 0.476 e. The van der Waals surface area contributed by atoms with Crippen LogP contribution in [0.25, 0.3) is 27.5 Å². The third kappa shape index (κ3) is 6.21. The molecule has 3 N–H and O–H groups in total. The second-order valence-corrected chi connectivity index (χ2v) is 13.9. The van der Waals surface area contributed by atoms with E-state index < -0.39 is 26.7 Å². The number of hydrogen-bond donors (Lipinski definition) is 2. The van der Waals surface area contributed by atoms with Crippen LogP contribution in [0.5, 0.6) is 0 Å². The summed E-state index contributed by atoms with van der Waals surface area (Å²) in [6, 6.07) is 20.4. The maximum Gasteiger partial charge on any atom is 0.355 e. The first-order chi connectivity index (χ1) is 21.0. The van der Waals surface area contributed by atoms with Gasteiger partial charge in [0.05, 0.1) is 11.4 Å². The summed E-state index contributed by atoms with van der Waals surface area (Å²) in [7, 11) is -4.21. The molecule has 0 atom stereocenters. The molecule has 1 fully saturated rings. The van der Waals surface area contributed by atoms with E-state index in [1.165, 1.54) is 34.4 Å². The van der Waals surface area contributed by atoms with Crippen molar-refractivity contribution in [1.82, 2.24) is 14.8 Å². The summed E-state index contributed by atoms with van der Waals surface area (Å²) in [5.74, 6) is -1.21. The van der Waals surface area contributed by atoms with Crippen LogP contribution in [0.3, 0.4) is 0 Å². The van der Waals surface area contributed by atoms with Crippen molar-refractivity contribution in [1.29, 1.82) is 0 Å². The lowest BCUT2D eigenvalue weighted by Crippen LogP contribution is -2.14. The van der Waals surface area contributed by atoms with Gasteiger partial charge in [0.15, 0.2) is 5.69 Å². The van der Waals surface area contributed by atoms with Crippen LogP contribution in [0.4, 0.5) is 4.39 Å². The lowest BCUT2D eigenvalue weighted by molar-refractivity contribution is 0.0691. The average molecular weight is 631 g/mol. The van der Waals surface area contributed by atoms with Crippen LogP contribution >= 0.6 is 11.3 Å². The second kappa shape index (κ2) is 11.7. The van der Waals surface area contributed by atoms with Crippen LogP contribution in [-0.2, 0) is 22.9 Å². The van der Waals surface area contributed by atoms with Crippen molar-refractivity contribution >= 4 is 27.3 Å². The molecule has 0 radical (unpaired) electrons. The average Bonchev–Trinajstić information content (AvgIpc) is 3.54. The van der Waals surface area contributed by atoms with Crippen LogP contribution in [0.15, 0.2) is 77.0 Å². The van der Waals surface area contributed by atoms with Gasteiger partial charge in [-0.15, -0.1) is 11.3 Å². The van der Waals surface area contributed by atoms with E-state index in [-0.39, 0.29) is 12.1 Å². The molecule has 226 valence electrons. The van der Waals surface area contributed by atoms with Crippen molar-refractivity contribution < 1.29 is 22.7 Å². The fourth-order valence-corrected chi connectivity index (χ4v) is 6.70. The van der Waals surface area contributed by atoms with Gasteiger partial charge in [-0.25, -0.2) is 32.4 Å². The number of carboxylic acid groups (broad SMARTS) is 1. The molecule has 11 heteroatoms. The summed E-state index contributed by atoms with van der Waals surface area (Å²) in [5.41, 5.74) is 7.05. The quantitative estimate of drug-likeness (QED) is 0.174. The normalized spacial score (nSPS) is 13.5. The van der Waals surface area contributed by atoms with Gasteiger partial charge in [0.2, 0.25) is 15.2 Å². The highest BCUT2D eigenvalue weighted by Crippen LogP contribution is 2.39. The van der Waals surface area contributed by atoms with Crippen molar-refractivity contribution in [3.05, 3.63) is 106 Å². The van der Waals surface area contributed by atoms with Gasteiger partial charge in [0, 0.05) is 22.9 Å². The molecule has 0 unspecified atom stereocenters. The molecule has 5 aromatic rings. The summed E-state index contributed by atoms with van der Waals surface area (Å²) >= 11 is 1.20. The zero-order chi connectivity index (χ0) is 31.2. The lowest BCUT2D eigenvalue weighted by atomic mass is 9.94. The van der Waals surface area contributed by atoms with Gasteiger partial charge in [-0.3, -0.25) is 0 Å². The Morgan fingerprint density at radius 2 is 1.77 bits per heavy atom.